The second-order valence-electron chi connectivity index (χ2n) is 4.79. The number of nitrogens with one attached hydrogen (secondary N) is 1. The maximum Gasteiger partial charge on any atom is 0.258 e. The van der Waals surface area contributed by atoms with Gasteiger partial charge >= 0.3 is 0 Å². The number of aromatic nitrogens is 6. The van der Waals surface area contributed by atoms with Gasteiger partial charge in [0.05, 0.1) is 12.1 Å². The Balaban J connectivity index is 1.96. The zero-order valence-corrected chi connectivity index (χ0v) is 11.8. The van der Waals surface area contributed by atoms with Crippen LogP contribution in [0.4, 0.5) is 11.9 Å². The molecule has 112 valence electrons. The van der Waals surface area contributed by atoms with Gasteiger partial charge < -0.3 is 9.64 Å². The Morgan fingerprint density at radius 1 is 1.43 bits per heavy atom. The number of nitrogen functional groups attached to an aromatic ring is 1. The third-order valence-electron chi connectivity index (χ3n) is 3.51. The Morgan fingerprint density at radius 3 is 2.90 bits per heavy atom. The number of nitrogens with zero attached hydrogens (tertiary/aromatic N) is 7. The fourth-order valence-electron chi connectivity index (χ4n) is 2.37. The normalized spacial score (nSPS) is 21.5. The number of nitrogens with two attached hydrogens (primary N) is 1. The Hall–Kier alpha value is -2.33. The van der Waals surface area contributed by atoms with Gasteiger partial charge in [-0.2, -0.15) is 24.7 Å². The van der Waals surface area contributed by atoms with Crippen LogP contribution in [0.2, 0.25) is 0 Å². The summed E-state index contributed by atoms with van der Waals surface area (Å²) in [6.07, 6.45) is 3.97. The number of rotatable bonds is 4. The van der Waals surface area contributed by atoms with Crippen molar-refractivity contribution >= 4 is 11.9 Å². The molecule has 0 amide bonds. The number of hydrazine groups is 1. The predicted molar refractivity (Wildman–Crippen MR) is 74.8 cm³/mol. The number of ether oxygens (including phenoxy) is 1. The molecule has 0 bridgehead atoms. The summed E-state index contributed by atoms with van der Waals surface area (Å²) in [5.74, 6) is 6.55. The first kappa shape index (κ1) is 13.6. The first-order valence-electron chi connectivity index (χ1n) is 6.61. The van der Waals surface area contributed by atoms with Crippen molar-refractivity contribution in [3.63, 3.8) is 0 Å². The van der Waals surface area contributed by atoms with Crippen molar-refractivity contribution in [3.8, 4) is 5.95 Å². The minimum atomic E-state index is 0.121. The van der Waals surface area contributed by atoms with E-state index in [9.17, 15) is 0 Å². The highest BCUT2D eigenvalue weighted by atomic mass is 16.5. The minimum Gasteiger partial charge on any atom is -0.376 e. The molecule has 21 heavy (non-hydrogen) atoms. The number of hydrogen-bond donors (Lipinski definition) is 2. The monoisotopic (exact) mass is 291 g/mol. The largest absolute Gasteiger partial charge is 0.376 e. The topological polar surface area (TPSA) is 120 Å². The van der Waals surface area contributed by atoms with Crippen LogP contribution in [0.5, 0.6) is 0 Å². The first-order valence-corrected chi connectivity index (χ1v) is 6.61. The molecule has 1 fully saturated rings. The number of anilines is 2. The summed E-state index contributed by atoms with van der Waals surface area (Å²) >= 11 is 0. The van der Waals surface area contributed by atoms with E-state index < -0.39 is 0 Å². The standard InChI is InChI=1S/C11H17N9O/c1-7-8(3-4-21-7)19(2)10-15-9(18-12)16-11(17-10)20-6-13-5-14-20/h5-8H,3-4,12H2,1-2H3,(H,15,16,17,18). The van der Waals surface area contributed by atoms with E-state index in [0.717, 1.165) is 13.0 Å². The molecule has 0 aliphatic carbocycles. The van der Waals surface area contributed by atoms with Gasteiger partial charge in [-0.25, -0.2) is 10.8 Å². The third-order valence-corrected chi connectivity index (χ3v) is 3.51. The van der Waals surface area contributed by atoms with Gasteiger partial charge in [-0.15, -0.1) is 0 Å². The van der Waals surface area contributed by atoms with Crippen molar-refractivity contribution in [3.05, 3.63) is 12.7 Å². The molecule has 3 N–H and O–H groups in total. The molecule has 2 aromatic rings. The van der Waals surface area contributed by atoms with E-state index in [0.29, 0.717) is 11.9 Å². The van der Waals surface area contributed by atoms with E-state index in [-0.39, 0.29) is 18.1 Å². The maximum atomic E-state index is 5.59. The van der Waals surface area contributed by atoms with Crippen molar-refractivity contribution in [1.29, 1.82) is 0 Å². The number of likely N-dealkylation sites (N-methyl/N-ethyl adjacent to an activating group) is 1. The zero-order valence-electron chi connectivity index (χ0n) is 11.8. The summed E-state index contributed by atoms with van der Waals surface area (Å²) in [6, 6.07) is 0.210. The molecule has 1 aliphatic heterocycles. The van der Waals surface area contributed by atoms with E-state index in [1.165, 1.54) is 17.3 Å². The quantitative estimate of drug-likeness (QED) is 0.559. The molecular weight excluding hydrogens is 274 g/mol. The van der Waals surface area contributed by atoms with Gasteiger partial charge in [0.25, 0.3) is 5.95 Å². The molecule has 10 nitrogen and oxygen atoms in total. The average Bonchev–Trinajstić information content (AvgIpc) is 3.17. The molecule has 2 aromatic heterocycles. The second-order valence-corrected chi connectivity index (χ2v) is 4.79. The molecular formula is C11H17N9O. The fraction of sp³-hybridized carbons (Fsp3) is 0.545. The van der Waals surface area contributed by atoms with Gasteiger partial charge in [-0.1, -0.05) is 0 Å². The van der Waals surface area contributed by atoms with Crippen molar-refractivity contribution in [2.24, 2.45) is 5.84 Å². The van der Waals surface area contributed by atoms with Crippen LogP contribution in [0.15, 0.2) is 12.7 Å². The molecule has 1 saturated heterocycles. The highest BCUT2D eigenvalue weighted by Gasteiger charge is 2.30. The van der Waals surface area contributed by atoms with E-state index in [4.69, 9.17) is 10.6 Å². The Kier molecular flexibility index (Phi) is 3.62. The third kappa shape index (κ3) is 2.62. The second kappa shape index (κ2) is 5.58. The SMILES string of the molecule is CC1OCCC1N(C)c1nc(NN)nc(-n2cncn2)n1. The van der Waals surface area contributed by atoms with Crippen molar-refractivity contribution in [2.45, 2.75) is 25.5 Å². The Labute approximate surface area is 121 Å². The van der Waals surface area contributed by atoms with Crippen LogP contribution in [0.3, 0.4) is 0 Å². The van der Waals surface area contributed by atoms with Crippen LogP contribution in [0, 0.1) is 0 Å². The first-order chi connectivity index (χ1) is 10.2. The predicted octanol–water partition coefficient (Wildman–Crippen LogP) is -0.648. The van der Waals surface area contributed by atoms with Crippen LogP contribution < -0.4 is 16.2 Å². The van der Waals surface area contributed by atoms with Crippen LogP contribution in [0.1, 0.15) is 13.3 Å². The average molecular weight is 291 g/mol. The lowest BCUT2D eigenvalue weighted by atomic mass is 10.1. The van der Waals surface area contributed by atoms with Gasteiger partial charge in [0.2, 0.25) is 11.9 Å². The summed E-state index contributed by atoms with van der Waals surface area (Å²) in [5, 5.41) is 4.02. The van der Waals surface area contributed by atoms with Crippen molar-refractivity contribution < 1.29 is 4.74 Å². The van der Waals surface area contributed by atoms with Crippen LogP contribution in [-0.2, 0) is 4.74 Å². The molecule has 2 atom stereocenters. The summed E-state index contributed by atoms with van der Waals surface area (Å²) in [5.41, 5.74) is 2.44. The highest BCUT2D eigenvalue weighted by molar-refractivity contribution is 5.40. The summed E-state index contributed by atoms with van der Waals surface area (Å²) < 4.78 is 7.04. The van der Waals surface area contributed by atoms with E-state index in [1.54, 1.807) is 0 Å². The van der Waals surface area contributed by atoms with Crippen LogP contribution in [-0.4, -0.2) is 55.5 Å². The molecule has 0 aromatic carbocycles. The van der Waals surface area contributed by atoms with E-state index in [1.807, 2.05) is 18.9 Å². The molecule has 1 aliphatic rings. The summed E-state index contributed by atoms with van der Waals surface area (Å²) in [6.45, 7) is 2.77. The van der Waals surface area contributed by atoms with Gasteiger partial charge in [0, 0.05) is 13.7 Å². The Bertz CT molecular complexity index is 602. The van der Waals surface area contributed by atoms with Gasteiger partial charge in [0.1, 0.15) is 12.7 Å². The molecule has 10 heteroatoms. The van der Waals surface area contributed by atoms with E-state index >= 15 is 0 Å². The lowest BCUT2D eigenvalue weighted by Crippen LogP contribution is -2.38. The molecule has 0 spiro atoms. The zero-order chi connectivity index (χ0) is 14.8. The van der Waals surface area contributed by atoms with Crippen molar-refractivity contribution in [2.75, 3.05) is 24.0 Å². The van der Waals surface area contributed by atoms with Crippen molar-refractivity contribution in [1.82, 2.24) is 29.7 Å². The maximum absolute atomic E-state index is 5.59. The molecule has 2 unspecified atom stereocenters. The molecule has 0 radical (unpaired) electrons. The van der Waals surface area contributed by atoms with Gasteiger partial charge in [-0.3, -0.25) is 5.43 Å². The molecule has 3 heterocycles. The van der Waals surface area contributed by atoms with Gasteiger partial charge in [-0.05, 0) is 13.3 Å². The van der Waals surface area contributed by atoms with Gasteiger partial charge in [0.15, 0.2) is 0 Å². The number of hydrogen-bond acceptors (Lipinski definition) is 9. The lowest BCUT2D eigenvalue weighted by Gasteiger charge is -2.26. The minimum absolute atomic E-state index is 0.121. The summed E-state index contributed by atoms with van der Waals surface area (Å²) in [7, 11) is 1.93. The summed E-state index contributed by atoms with van der Waals surface area (Å²) in [4.78, 5) is 18.7. The van der Waals surface area contributed by atoms with Crippen LogP contribution in [0.25, 0.3) is 5.95 Å². The smallest absolute Gasteiger partial charge is 0.258 e. The molecule has 3 rings (SSSR count). The lowest BCUT2D eigenvalue weighted by molar-refractivity contribution is 0.118. The Morgan fingerprint density at radius 2 is 2.29 bits per heavy atom. The van der Waals surface area contributed by atoms with Crippen LogP contribution >= 0.6 is 0 Å². The highest BCUT2D eigenvalue weighted by Crippen LogP contribution is 2.22. The molecule has 0 saturated carbocycles. The van der Waals surface area contributed by atoms with E-state index in [2.05, 4.69) is 30.5 Å². The fourth-order valence-corrected chi connectivity index (χ4v) is 2.37.